The number of thioether (sulfide) groups is 1. The van der Waals surface area contributed by atoms with Gasteiger partial charge in [-0.05, 0) is 19.1 Å². The second-order valence-electron chi connectivity index (χ2n) is 12.9. The average molecular weight is 701 g/mol. The molecule has 4 atom stereocenters. The Kier molecular flexibility index (Phi) is 9.64. The van der Waals surface area contributed by atoms with Crippen LogP contribution in [0.5, 0.6) is 0 Å². The largest absolute Gasteiger partial charge is 0.393 e. The number of β-lactam (4-membered cyclic amide) rings is 1. The molecule has 3 saturated heterocycles. The zero-order chi connectivity index (χ0) is 34.4. The van der Waals surface area contributed by atoms with Gasteiger partial charge in [-0.1, -0.05) is 6.92 Å². The first-order valence-electron chi connectivity index (χ1n) is 16.0. The van der Waals surface area contributed by atoms with E-state index in [1.165, 1.54) is 28.8 Å². The summed E-state index contributed by atoms with van der Waals surface area (Å²) in [6, 6.07) is 4.32. The maximum absolute atomic E-state index is 13.3. The highest BCUT2D eigenvalue weighted by molar-refractivity contribution is 8.03. The van der Waals surface area contributed by atoms with Crippen molar-refractivity contribution in [2.24, 2.45) is 21.8 Å². The molecule has 0 aliphatic carbocycles. The predicted octanol–water partition coefficient (Wildman–Crippen LogP) is 0.968. The fourth-order valence-electron chi connectivity index (χ4n) is 6.78. The molecule has 1 amide bonds. The number of nitro groups is 1. The lowest BCUT2D eigenvalue weighted by atomic mass is 9.79. The molecule has 0 saturated carbocycles. The molecular formula is C31H40N8O7S2. The number of ether oxygens (including phenoxy) is 1. The van der Waals surface area contributed by atoms with Crippen molar-refractivity contribution in [1.82, 2.24) is 24.5 Å². The van der Waals surface area contributed by atoms with E-state index in [2.05, 4.69) is 49.3 Å². The predicted molar refractivity (Wildman–Crippen MR) is 183 cm³/mol. The monoisotopic (exact) mass is 700 g/mol. The van der Waals surface area contributed by atoms with Crippen LogP contribution in [0.15, 0.2) is 44.9 Å². The second-order valence-corrected chi connectivity index (χ2v) is 14.9. The number of hydrogen-bond acceptors (Lipinski definition) is 15. The van der Waals surface area contributed by atoms with Crippen LogP contribution in [0.1, 0.15) is 24.2 Å². The van der Waals surface area contributed by atoms with Gasteiger partial charge in [0.15, 0.2) is 11.9 Å². The van der Waals surface area contributed by atoms with Crippen LogP contribution in [0, 0.1) is 22.0 Å². The van der Waals surface area contributed by atoms with Crippen molar-refractivity contribution in [3.05, 3.63) is 50.5 Å². The van der Waals surface area contributed by atoms with Crippen molar-refractivity contribution in [2.75, 3.05) is 66.5 Å². The molecule has 3 fully saturated rings. The van der Waals surface area contributed by atoms with E-state index in [4.69, 9.17) is 4.74 Å². The van der Waals surface area contributed by atoms with Crippen LogP contribution >= 0.6 is 24.4 Å². The summed E-state index contributed by atoms with van der Waals surface area (Å²) in [5, 5.41) is 21.8. The first kappa shape index (κ1) is 34.0. The number of aliphatic hydroxyl groups is 1. The van der Waals surface area contributed by atoms with E-state index >= 15 is 0 Å². The summed E-state index contributed by atoms with van der Waals surface area (Å²) in [7, 11) is 4.09. The minimum Gasteiger partial charge on any atom is -0.393 e. The molecule has 0 bridgehead atoms. The quantitative estimate of drug-likeness (QED) is 0.108. The topological polar surface area (TPSA) is 165 Å². The smallest absolute Gasteiger partial charge is 0.363 e. The van der Waals surface area contributed by atoms with E-state index in [9.17, 15) is 29.6 Å². The van der Waals surface area contributed by atoms with Crippen LogP contribution in [0.4, 0.5) is 5.69 Å². The number of fused-ring (bicyclic) bond motifs is 1. The van der Waals surface area contributed by atoms with Crippen LogP contribution in [0.3, 0.4) is 0 Å². The van der Waals surface area contributed by atoms with E-state index in [1.54, 1.807) is 6.92 Å². The highest BCUT2D eigenvalue weighted by Gasteiger charge is 2.60. The van der Waals surface area contributed by atoms with Gasteiger partial charge in [0.2, 0.25) is 5.91 Å². The Bertz CT molecular complexity index is 1570. The summed E-state index contributed by atoms with van der Waals surface area (Å²) in [5.41, 5.74) is -0.186. The minimum atomic E-state index is -0.968. The van der Waals surface area contributed by atoms with Gasteiger partial charge in [-0.25, -0.2) is 9.59 Å². The molecule has 1 aromatic carbocycles. The number of amides is 1. The molecule has 17 heteroatoms. The van der Waals surface area contributed by atoms with Crippen LogP contribution < -0.4 is 0 Å². The molecular weight excluding hydrogens is 661 g/mol. The van der Waals surface area contributed by atoms with Crippen LogP contribution in [0.25, 0.3) is 0 Å². The van der Waals surface area contributed by atoms with Crippen molar-refractivity contribution < 1.29 is 29.2 Å². The highest BCUT2D eigenvalue weighted by atomic mass is 32.2. The maximum atomic E-state index is 13.3. The molecule has 6 heterocycles. The summed E-state index contributed by atoms with van der Waals surface area (Å²) in [4.78, 5) is 68.8. The zero-order valence-corrected chi connectivity index (χ0v) is 29.0. The number of esters is 2. The first-order valence-corrected chi connectivity index (χ1v) is 17.4. The van der Waals surface area contributed by atoms with Gasteiger partial charge in [0.1, 0.15) is 5.70 Å². The number of hydrogen-bond donors (Lipinski definition) is 2. The number of thiol groups is 1. The Balaban J connectivity index is 0.000000307. The van der Waals surface area contributed by atoms with Crippen molar-refractivity contribution in [1.29, 1.82) is 0 Å². The van der Waals surface area contributed by atoms with Crippen molar-refractivity contribution >= 4 is 59.8 Å². The maximum Gasteiger partial charge on any atom is 0.363 e. The third kappa shape index (κ3) is 6.34. The number of guanidine groups is 2. The number of aliphatic imine (C=N–C) groups is 2. The number of benzene rings is 1. The van der Waals surface area contributed by atoms with Gasteiger partial charge in [0.05, 0.1) is 41.6 Å². The normalized spacial score (nSPS) is 25.8. The Morgan fingerprint density at radius 1 is 1.02 bits per heavy atom. The van der Waals surface area contributed by atoms with E-state index < -0.39 is 34.9 Å². The summed E-state index contributed by atoms with van der Waals surface area (Å²) < 4.78 is 5.13. The molecule has 0 aromatic heterocycles. The average Bonchev–Trinajstić information content (AvgIpc) is 3.69. The molecule has 7 rings (SSSR count). The van der Waals surface area contributed by atoms with E-state index in [1.807, 2.05) is 14.0 Å². The van der Waals surface area contributed by atoms with E-state index in [0.717, 1.165) is 76.4 Å². The van der Waals surface area contributed by atoms with Crippen LogP contribution in [-0.2, 0) is 14.3 Å². The summed E-state index contributed by atoms with van der Waals surface area (Å²) in [5.74, 6) is -1.05. The Labute approximate surface area is 288 Å². The SMILES string of the molecule is CN1CCN=C1N1CC(S)C1.C[C@@H](O)[C@H]1C(=O)N2C(C(=O)OC(=O)c3ccc([N+](=O)[O-])cc3)=C(SC3CN(C4=NCCN4C)C3)[C@H](C)[C@H]12. The molecule has 15 nitrogen and oxygen atoms in total. The van der Waals surface area contributed by atoms with Crippen molar-refractivity contribution in [3.8, 4) is 0 Å². The number of nitrogens with zero attached hydrogens (tertiary/aromatic N) is 8. The third-order valence-corrected chi connectivity index (χ3v) is 11.2. The molecule has 258 valence electrons. The number of rotatable bonds is 6. The lowest BCUT2D eigenvalue weighted by Gasteiger charge is -2.46. The standard InChI is InChI=1S/C24H27N5O7S.C7H13N3S/c1-12-18-17(13(2)30)21(31)28(18)19(20(12)37-16-10-27(11-16)24-25-8-9-26(24)3)23(33)36-22(32)14-4-6-15(7-5-14)29(34)35;1-9-3-2-8-7(9)10-4-6(11)5-10/h4-7,12-13,16-18,30H,8-11H2,1-3H3;6,11H,2-5H2,1H3/t12-,13-,17-,18-;/m1./s1. The van der Waals surface area contributed by atoms with Gasteiger partial charge < -0.3 is 34.3 Å². The number of carbonyl (C=O) groups is 3. The number of carbonyl (C=O) groups excluding carboxylic acids is 3. The fourth-order valence-corrected chi connectivity index (χ4v) is 8.69. The van der Waals surface area contributed by atoms with Gasteiger partial charge in [-0.15, -0.1) is 11.8 Å². The molecule has 1 aromatic rings. The number of likely N-dealkylation sites (tertiary alicyclic amines) is 2. The molecule has 1 N–H and O–H groups in total. The Morgan fingerprint density at radius 2 is 1.58 bits per heavy atom. The third-order valence-electron chi connectivity index (χ3n) is 9.43. The summed E-state index contributed by atoms with van der Waals surface area (Å²) in [6.07, 6.45) is -0.880. The Morgan fingerprint density at radius 3 is 2.06 bits per heavy atom. The molecule has 6 aliphatic rings. The number of non-ortho nitro benzene ring substituents is 1. The number of nitro benzene ring substituents is 1. The molecule has 6 aliphatic heterocycles. The highest BCUT2D eigenvalue weighted by Crippen LogP contribution is 2.52. The lowest BCUT2D eigenvalue weighted by Crippen LogP contribution is -2.63. The zero-order valence-electron chi connectivity index (χ0n) is 27.3. The van der Waals surface area contributed by atoms with Crippen molar-refractivity contribution in [3.63, 3.8) is 0 Å². The van der Waals surface area contributed by atoms with Gasteiger partial charge in [-0.3, -0.25) is 24.9 Å². The van der Waals surface area contributed by atoms with Gasteiger partial charge >= 0.3 is 11.9 Å². The van der Waals surface area contributed by atoms with E-state index in [-0.39, 0.29) is 34.0 Å². The minimum absolute atomic E-state index is 0.0239. The van der Waals surface area contributed by atoms with Crippen LogP contribution in [0.2, 0.25) is 0 Å². The molecule has 0 unspecified atom stereocenters. The van der Waals surface area contributed by atoms with Gasteiger partial charge in [-0.2, -0.15) is 12.6 Å². The first-order chi connectivity index (χ1) is 22.8. The summed E-state index contributed by atoms with van der Waals surface area (Å²) >= 11 is 5.85. The lowest BCUT2D eigenvalue weighted by molar-refractivity contribution is -0.384. The summed E-state index contributed by atoms with van der Waals surface area (Å²) in [6.45, 7) is 10.7. The molecule has 48 heavy (non-hydrogen) atoms. The molecule has 0 radical (unpaired) electrons. The van der Waals surface area contributed by atoms with E-state index in [0.29, 0.717) is 10.2 Å². The number of aliphatic hydroxyl groups excluding tert-OH is 1. The van der Waals surface area contributed by atoms with Crippen LogP contribution in [-0.4, -0.2) is 153 Å². The fraction of sp³-hybridized carbons (Fsp3) is 0.581. The number of likely N-dealkylation sites (N-methyl/N-ethyl adjacent to an activating group) is 2. The Hall–Kier alpha value is -3.83. The second kappa shape index (κ2) is 13.6. The molecule has 0 spiro atoms. The van der Waals surface area contributed by atoms with Gasteiger partial charge in [0.25, 0.3) is 5.69 Å². The van der Waals surface area contributed by atoms with Crippen molar-refractivity contribution in [2.45, 2.75) is 36.5 Å². The van der Waals surface area contributed by atoms with Gasteiger partial charge in [0, 0.05) is 86.8 Å².